The van der Waals surface area contributed by atoms with E-state index < -0.39 is 40.6 Å². The van der Waals surface area contributed by atoms with E-state index in [2.05, 4.69) is 10.3 Å². The molecule has 2 heterocycles. The van der Waals surface area contributed by atoms with Gasteiger partial charge >= 0.3 is 5.69 Å². The number of carbonyl (C=O) groups is 1. The van der Waals surface area contributed by atoms with E-state index in [0.717, 1.165) is 33.5 Å². The van der Waals surface area contributed by atoms with Crippen LogP contribution in [0.5, 0.6) is 11.5 Å². The highest BCUT2D eigenvalue weighted by Gasteiger charge is 2.29. The Morgan fingerprint density at radius 2 is 1.79 bits per heavy atom. The molecule has 1 amide bonds. The fourth-order valence-corrected chi connectivity index (χ4v) is 5.02. The lowest BCUT2D eigenvalue weighted by atomic mass is 9.90. The second-order valence-electron chi connectivity index (χ2n) is 9.25. The first-order valence-electron chi connectivity index (χ1n) is 12.1. The molecule has 0 saturated heterocycles. The normalized spacial score (nSPS) is 17.2. The monoisotopic (exact) mass is 540 g/mol. The third-order valence-electron chi connectivity index (χ3n) is 6.90. The van der Waals surface area contributed by atoms with Gasteiger partial charge in [0, 0.05) is 18.2 Å². The zero-order valence-corrected chi connectivity index (χ0v) is 20.7. The van der Waals surface area contributed by atoms with Gasteiger partial charge in [0.1, 0.15) is 22.9 Å². The molecule has 2 aromatic heterocycles. The van der Waals surface area contributed by atoms with Gasteiger partial charge in [0.25, 0.3) is 11.5 Å². The number of benzene rings is 2. The first-order valence-corrected chi connectivity index (χ1v) is 12.1. The number of fused-ring (bicyclic) bond motifs is 1. The molecule has 5 rings (SSSR count). The molecule has 1 aliphatic rings. The van der Waals surface area contributed by atoms with Crippen LogP contribution in [-0.2, 0) is 0 Å². The molecule has 1 aliphatic carbocycles. The molecule has 2 N–H and O–H groups in total. The molecule has 12 heteroatoms. The zero-order valence-electron chi connectivity index (χ0n) is 20.7. The summed E-state index contributed by atoms with van der Waals surface area (Å²) in [5.41, 5.74) is -1.85. The molecule has 2 aromatic carbocycles. The topological polar surface area (TPSA) is 115 Å². The number of phenolic OH excluding ortho intramolecular Hbond substituents is 1. The minimum atomic E-state index is -1.20. The number of pyridine rings is 1. The SMILES string of the molecule is COc1cccc(O)c1C(=O)NC1CCC(n2c(=O)c3cc(F)cnc3n(-c3ccc(F)c(F)c3)c2=O)CC1. The summed E-state index contributed by atoms with van der Waals surface area (Å²) in [6, 6.07) is 7.30. The number of rotatable bonds is 5. The van der Waals surface area contributed by atoms with E-state index in [4.69, 9.17) is 4.74 Å². The zero-order chi connectivity index (χ0) is 27.8. The van der Waals surface area contributed by atoms with E-state index in [1.807, 2.05) is 0 Å². The van der Waals surface area contributed by atoms with E-state index in [1.54, 1.807) is 12.1 Å². The quantitative estimate of drug-likeness (QED) is 0.400. The van der Waals surface area contributed by atoms with Crippen molar-refractivity contribution in [2.24, 2.45) is 0 Å². The molecular formula is C27H23F3N4O5. The summed E-state index contributed by atoms with van der Waals surface area (Å²) in [6.45, 7) is 0. The summed E-state index contributed by atoms with van der Waals surface area (Å²) < 4.78 is 48.8. The smallest absolute Gasteiger partial charge is 0.337 e. The van der Waals surface area contributed by atoms with Gasteiger partial charge in [-0.1, -0.05) is 6.07 Å². The first-order chi connectivity index (χ1) is 18.7. The Labute approximate surface area is 219 Å². The maximum absolute atomic E-state index is 14.1. The van der Waals surface area contributed by atoms with Crippen LogP contribution in [0.4, 0.5) is 13.2 Å². The number of amides is 1. The van der Waals surface area contributed by atoms with Gasteiger partial charge < -0.3 is 15.2 Å². The molecule has 0 aliphatic heterocycles. The molecule has 202 valence electrons. The molecule has 0 spiro atoms. The van der Waals surface area contributed by atoms with Crippen LogP contribution in [0.2, 0.25) is 0 Å². The van der Waals surface area contributed by atoms with Crippen LogP contribution in [0.3, 0.4) is 0 Å². The molecule has 0 atom stereocenters. The lowest BCUT2D eigenvalue weighted by molar-refractivity contribution is 0.0916. The van der Waals surface area contributed by atoms with Crippen molar-refractivity contribution in [2.75, 3.05) is 7.11 Å². The fourth-order valence-electron chi connectivity index (χ4n) is 5.02. The number of aromatic hydroxyl groups is 1. The largest absolute Gasteiger partial charge is 0.507 e. The van der Waals surface area contributed by atoms with Crippen molar-refractivity contribution in [3.63, 3.8) is 0 Å². The summed E-state index contributed by atoms with van der Waals surface area (Å²) in [7, 11) is 1.38. The van der Waals surface area contributed by atoms with E-state index in [1.165, 1.54) is 19.2 Å². The Morgan fingerprint density at radius 1 is 1.05 bits per heavy atom. The molecular weight excluding hydrogens is 517 g/mol. The Hall–Kier alpha value is -4.61. The molecule has 0 unspecified atom stereocenters. The Morgan fingerprint density at radius 3 is 2.49 bits per heavy atom. The molecule has 4 aromatic rings. The third kappa shape index (κ3) is 4.73. The van der Waals surface area contributed by atoms with Crippen molar-refractivity contribution in [1.82, 2.24) is 19.4 Å². The predicted molar refractivity (Wildman–Crippen MR) is 135 cm³/mol. The number of nitrogens with zero attached hydrogens (tertiary/aromatic N) is 3. The molecule has 9 nitrogen and oxygen atoms in total. The maximum Gasteiger partial charge on any atom is 0.337 e. The number of methoxy groups -OCH3 is 1. The molecule has 0 radical (unpaired) electrons. The second kappa shape index (κ2) is 10.3. The van der Waals surface area contributed by atoms with Crippen LogP contribution in [0.1, 0.15) is 42.1 Å². The first kappa shape index (κ1) is 26.0. The number of aromatic nitrogens is 3. The average Bonchev–Trinajstić information content (AvgIpc) is 2.91. The number of halogens is 3. The average molecular weight is 540 g/mol. The second-order valence-corrected chi connectivity index (χ2v) is 9.25. The molecule has 1 fully saturated rings. The van der Waals surface area contributed by atoms with E-state index >= 15 is 0 Å². The lowest BCUT2D eigenvalue weighted by Gasteiger charge is -2.30. The number of phenols is 1. The van der Waals surface area contributed by atoms with Crippen LogP contribution in [-0.4, -0.2) is 38.3 Å². The summed E-state index contributed by atoms with van der Waals surface area (Å²) in [5.74, 6) is -3.68. The van der Waals surface area contributed by atoms with Crippen molar-refractivity contribution in [2.45, 2.75) is 37.8 Å². The maximum atomic E-state index is 14.1. The number of carbonyl (C=O) groups excluding carboxylic acids is 1. The Kier molecular flexibility index (Phi) is 6.85. The number of nitrogens with one attached hydrogen (secondary N) is 1. The fraction of sp³-hybridized carbons (Fsp3) is 0.259. The molecule has 1 saturated carbocycles. The summed E-state index contributed by atoms with van der Waals surface area (Å²) in [5, 5.41) is 12.8. The van der Waals surface area contributed by atoms with Gasteiger partial charge in [-0.25, -0.2) is 27.5 Å². The van der Waals surface area contributed by atoms with Gasteiger partial charge in [-0.3, -0.25) is 14.2 Å². The van der Waals surface area contributed by atoms with Crippen LogP contribution in [0, 0.1) is 17.5 Å². The van der Waals surface area contributed by atoms with Gasteiger partial charge in [-0.2, -0.15) is 0 Å². The Balaban J connectivity index is 1.47. The van der Waals surface area contributed by atoms with E-state index in [9.17, 15) is 32.7 Å². The van der Waals surface area contributed by atoms with E-state index in [-0.39, 0.29) is 39.8 Å². The minimum Gasteiger partial charge on any atom is -0.507 e. The van der Waals surface area contributed by atoms with Gasteiger partial charge in [0.15, 0.2) is 17.3 Å². The lowest BCUT2D eigenvalue weighted by Crippen LogP contribution is -2.45. The standard InChI is InChI=1S/C27H23F3N4O5/c1-39-22-4-2-3-21(35)23(22)25(36)32-15-5-7-16(8-6-15)34-26(37)18-11-14(28)13-31-24(18)33(27(34)38)17-9-10-19(29)20(30)12-17/h2-4,9-13,15-16,35H,5-8H2,1H3,(H,32,36). The van der Waals surface area contributed by atoms with Crippen molar-refractivity contribution in [3.8, 4) is 17.2 Å². The van der Waals surface area contributed by atoms with Crippen LogP contribution >= 0.6 is 0 Å². The summed E-state index contributed by atoms with van der Waals surface area (Å²) in [4.78, 5) is 43.7. The van der Waals surface area contributed by atoms with Crippen LogP contribution in [0.25, 0.3) is 16.7 Å². The van der Waals surface area contributed by atoms with Gasteiger partial charge in [0.05, 0.1) is 24.4 Å². The summed E-state index contributed by atoms with van der Waals surface area (Å²) in [6.07, 6.45) is 2.23. The number of hydrogen-bond acceptors (Lipinski definition) is 6. The van der Waals surface area contributed by atoms with Crippen molar-refractivity contribution in [3.05, 3.63) is 92.5 Å². The van der Waals surface area contributed by atoms with Gasteiger partial charge in [-0.15, -0.1) is 0 Å². The third-order valence-corrected chi connectivity index (χ3v) is 6.90. The number of ether oxygens (including phenoxy) is 1. The van der Waals surface area contributed by atoms with Gasteiger partial charge in [0.2, 0.25) is 0 Å². The molecule has 39 heavy (non-hydrogen) atoms. The van der Waals surface area contributed by atoms with Crippen molar-refractivity contribution < 1.29 is 27.8 Å². The highest BCUT2D eigenvalue weighted by atomic mass is 19.2. The highest BCUT2D eigenvalue weighted by molar-refractivity contribution is 5.99. The predicted octanol–water partition coefficient (Wildman–Crippen LogP) is 3.59. The molecule has 0 bridgehead atoms. The van der Waals surface area contributed by atoms with Crippen LogP contribution < -0.4 is 21.3 Å². The van der Waals surface area contributed by atoms with Crippen molar-refractivity contribution >= 4 is 16.9 Å². The summed E-state index contributed by atoms with van der Waals surface area (Å²) >= 11 is 0. The van der Waals surface area contributed by atoms with E-state index in [0.29, 0.717) is 25.7 Å². The Bertz CT molecular complexity index is 1710. The van der Waals surface area contributed by atoms with Gasteiger partial charge in [-0.05, 0) is 56.0 Å². The highest BCUT2D eigenvalue weighted by Crippen LogP contribution is 2.30. The minimum absolute atomic E-state index is 0.00295. The number of hydrogen-bond donors (Lipinski definition) is 2. The van der Waals surface area contributed by atoms with Crippen LogP contribution in [0.15, 0.2) is 58.3 Å². The van der Waals surface area contributed by atoms with Crippen molar-refractivity contribution in [1.29, 1.82) is 0 Å².